The van der Waals surface area contributed by atoms with Gasteiger partial charge in [0.05, 0.1) is 24.4 Å². The Hall–Kier alpha value is -3.26. The van der Waals surface area contributed by atoms with Crippen molar-refractivity contribution in [3.8, 4) is 11.1 Å². The van der Waals surface area contributed by atoms with Crippen LogP contribution in [0.5, 0.6) is 0 Å². The Morgan fingerprint density at radius 3 is 2.37 bits per heavy atom. The van der Waals surface area contributed by atoms with E-state index in [0.717, 1.165) is 61.6 Å². The van der Waals surface area contributed by atoms with Crippen molar-refractivity contribution < 1.29 is 24.5 Å². The van der Waals surface area contributed by atoms with Crippen LogP contribution < -0.4 is 5.32 Å². The molecular weight excluding hydrogens is 636 g/mol. The molecular formula is C44H56N2O5. The van der Waals surface area contributed by atoms with Crippen LogP contribution in [0.1, 0.15) is 95.8 Å². The first-order chi connectivity index (χ1) is 24.4. The summed E-state index contributed by atoms with van der Waals surface area (Å²) in [7, 11) is 0. The second-order valence-electron chi connectivity index (χ2n) is 17.7. The molecule has 1 saturated heterocycles. The summed E-state index contributed by atoms with van der Waals surface area (Å²) < 4.78 is 5.99. The van der Waals surface area contributed by atoms with Crippen LogP contribution in [0.15, 0.2) is 78.4 Å². The highest BCUT2D eigenvalue weighted by Crippen LogP contribution is 2.78. The van der Waals surface area contributed by atoms with Crippen LogP contribution in [0.4, 0.5) is 4.79 Å². The molecule has 9 atom stereocenters. The van der Waals surface area contributed by atoms with Gasteiger partial charge in [-0.05, 0) is 100 Å². The highest BCUT2D eigenvalue weighted by atomic mass is 16.5. The Morgan fingerprint density at radius 1 is 0.922 bits per heavy atom. The molecule has 3 N–H and O–H groups in total. The van der Waals surface area contributed by atoms with E-state index in [2.05, 4.69) is 49.5 Å². The van der Waals surface area contributed by atoms with Crippen LogP contribution in [0.25, 0.3) is 11.1 Å². The summed E-state index contributed by atoms with van der Waals surface area (Å²) in [6.07, 6.45) is 13.8. The quantitative estimate of drug-likeness (QED) is 0.194. The van der Waals surface area contributed by atoms with E-state index >= 15 is 4.79 Å². The third-order valence-corrected chi connectivity index (χ3v) is 14.8. The number of benzene rings is 2. The average molecular weight is 693 g/mol. The number of Topliss-reactive ketones (excluding diaryl/α,β-unsaturated/α-hetero) is 1. The summed E-state index contributed by atoms with van der Waals surface area (Å²) in [5, 5.41) is 27.2. The number of aliphatic hydroxyl groups excluding tert-OH is 1. The molecule has 7 nitrogen and oxygen atoms in total. The number of fused-ring (bicyclic) bond motifs is 1. The van der Waals surface area contributed by atoms with Crippen molar-refractivity contribution in [3.05, 3.63) is 84.0 Å². The van der Waals surface area contributed by atoms with Gasteiger partial charge in [-0.3, -0.25) is 4.79 Å². The molecule has 2 aromatic rings. The topological polar surface area (TPSA) is 99.1 Å². The fourth-order valence-electron chi connectivity index (χ4n) is 12.2. The van der Waals surface area contributed by atoms with Crippen molar-refractivity contribution in [3.63, 3.8) is 0 Å². The van der Waals surface area contributed by atoms with Crippen molar-refractivity contribution in [2.24, 2.45) is 33.5 Å². The van der Waals surface area contributed by atoms with Gasteiger partial charge in [0.25, 0.3) is 0 Å². The lowest BCUT2D eigenvalue weighted by Crippen LogP contribution is -2.67. The number of allylic oxidation sites excluding steroid dienone is 4. The molecule has 272 valence electrons. The van der Waals surface area contributed by atoms with Crippen molar-refractivity contribution in [2.75, 3.05) is 19.7 Å². The number of amides is 2. The third kappa shape index (κ3) is 5.15. The first-order valence-corrected chi connectivity index (χ1v) is 19.6. The molecule has 2 amide bonds. The molecule has 7 aliphatic rings. The minimum Gasteiger partial charge on any atom is -0.393 e. The zero-order valence-corrected chi connectivity index (χ0v) is 30.9. The highest BCUT2D eigenvalue weighted by molar-refractivity contribution is 6.14. The van der Waals surface area contributed by atoms with E-state index in [4.69, 9.17) is 4.74 Å². The molecule has 0 radical (unpaired) electrons. The highest BCUT2D eigenvalue weighted by Gasteiger charge is 2.74. The van der Waals surface area contributed by atoms with Crippen LogP contribution >= 0.6 is 0 Å². The number of ketones is 1. The molecule has 4 fully saturated rings. The van der Waals surface area contributed by atoms with Crippen molar-refractivity contribution >= 4 is 11.8 Å². The zero-order valence-electron chi connectivity index (χ0n) is 30.9. The monoisotopic (exact) mass is 692 g/mol. The second-order valence-corrected chi connectivity index (χ2v) is 17.7. The Kier molecular flexibility index (Phi) is 8.47. The predicted molar refractivity (Wildman–Crippen MR) is 199 cm³/mol. The molecule has 6 aliphatic carbocycles. The molecule has 7 heteroatoms. The summed E-state index contributed by atoms with van der Waals surface area (Å²) in [5.41, 5.74) is 0.716. The second kappa shape index (κ2) is 12.4. The van der Waals surface area contributed by atoms with Crippen molar-refractivity contribution in [1.29, 1.82) is 0 Å². The van der Waals surface area contributed by atoms with E-state index in [1.807, 2.05) is 61.2 Å². The number of rotatable bonds is 8. The summed E-state index contributed by atoms with van der Waals surface area (Å²) in [6.45, 7) is 10.00. The zero-order chi connectivity index (χ0) is 35.8. The molecule has 1 heterocycles. The number of hydrogen-bond donors (Lipinski definition) is 3. The molecule has 0 aromatic heterocycles. The number of nitrogens with one attached hydrogen (secondary N) is 1. The first-order valence-electron chi connectivity index (χ1n) is 19.6. The molecule has 1 aliphatic heterocycles. The van der Waals surface area contributed by atoms with Gasteiger partial charge < -0.3 is 25.2 Å². The van der Waals surface area contributed by atoms with E-state index in [9.17, 15) is 15.0 Å². The van der Waals surface area contributed by atoms with Gasteiger partial charge >= 0.3 is 6.03 Å². The molecule has 51 heavy (non-hydrogen) atoms. The van der Waals surface area contributed by atoms with E-state index < -0.39 is 27.9 Å². The van der Waals surface area contributed by atoms with Gasteiger partial charge in [0, 0.05) is 46.6 Å². The first kappa shape index (κ1) is 34.8. The molecule has 2 aromatic carbocycles. The Labute approximate surface area is 303 Å². The molecule has 2 bridgehead atoms. The van der Waals surface area contributed by atoms with Gasteiger partial charge in [-0.1, -0.05) is 86.7 Å². The SMILES string of the molecule is CC(C)NC(=O)N(C[C@H]1CCCO1)C[C@]1(O)CC[C@H]2[C@]34C=C[C@@]5(C=C3C(=O)c3ccccc3-c3ccccc3)CC(O)CC[C@]5(C)[C@H]4CC[C@@]21C. The molecule has 9 rings (SSSR count). The molecule has 2 spiro atoms. The van der Waals surface area contributed by atoms with E-state index in [1.54, 1.807) is 0 Å². The van der Waals surface area contributed by atoms with Crippen molar-refractivity contribution in [2.45, 2.75) is 109 Å². The van der Waals surface area contributed by atoms with Gasteiger partial charge in [0.15, 0.2) is 5.78 Å². The standard InChI is InChI=1S/C44H56N2O5/c1-29(2)45-39(49)46(27-32-13-10-24-51-32)28-43(50)21-18-37-41(43,4)20-17-36-40(3)19-16-31(47)25-42(40)22-23-44(36,37)35(26-42)38(48)34-15-9-8-14-33(34)30-11-6-5-7-12-30/h5-9,11-12,14-15,22-23,26,29,31-32,36-37,47,50H,10,13,16-21,24-25,27-28H2,1-4H3,(H,45,49)/t31?,32-,36-,37-,40-,41+,42+,43-,44-/m1/s1. The van der Waals surface area contributed by atoms with Gasteiger partial charge in [0.1, 0.15) is 0 Å². The Morgan fingerprint density at radius 2 is 1.63 bits per heavy atom. The van der Waals surface area contributed by atoms with E-state index in [0.29, 0.717) is 31.6 Å². The fraction of sp³-hybridized carbons (Fsp3) is 0.591. The van der Waals surface area contributed by atoms with Crippen LogP contribution in [0.3, 0.4) is 0 Å². The number of nitrogens with zero attached hydrogens (tertiary/aromatic N) is 1. The summed E-state index contributed by atoms with van der Waals surface area (Å²) >= 11 is 0. The predicted octanol–water partition coefficient (Wildman–Crippen LogP) is 7.73. The van der Waals surface area contributed by atoms with E-state index in [1.165, 1.54) is 0 Å². The van der Waals surface area contributed by atoms with Crippen LogP contribution in [-0.4, -0.2) is 70.5 Å². The number of carbonyl (C=O) groups is 2. The number of urea groups is 1. The maximum atomic E-state index is 15.4. The number of ether oxygens (including phenoxy) is 1. The van der Waals surface area contributed by atoms with Gasteiger partial charge in [0.2, 0.25) is 0 Å². The summed E-state index contributed by atoms with van der Waals surface area (Å²) in [6, 6.07) is 18.0. The molecule has 1 unspecified atom stereocenters. The number of aliphatic hydroxyl groups is 2. The lowest BCUT2D eigenvalue weighted by atomic mass is 9.32. The third-order valence-electron chi connectivity index (χ3n) is 14.8. The Bertz CT molecular complexity index is 1750. The van der Waals surface area contributed by atoms with Crippen LogP contribution in [-0.2, 0) is 4.74 Å². The molecule has 3 saturated carbocycles. The normalized spacial score (nSPS) is 39.2. The number of carbonyl (C=O) groups excluding carboxylic acids is 2. The van der Waals surface area contributed by atoms with E-state index in [-0.39, 0.29) is 47.8 Å². The minimum atomic E-state index is -1.14. The van der Waals surface area contributed by atoms with Crippen LogP contribution in [0.2, 0.25) is 0 Å². The summed E-state index contributed by atoms with van der Waals surface area (Å²) in [5.74, 6) is 0.257. The minimum absolute atomic E-state index is 0.00352. The Balaban J connectivity index is 1.23. The van der Waals surface area contributed by atoms with Gasteiger partial charge in [-0.15, -0.1) is 0 Å². The smallest absolute Gasteiger partial charge is 0.317 e. The maximum Gasteiger partial charge on any atom is 0.317 e. The average Bonchev–Trinajstić information content (AvgIpc) is 3.73. The number of hydrogen-bond acceptors (Lipinski definition) is 5. The van der Waals surface area contributed by atoms with Crippen molar-refractivity contribution in [1.82, 2.24) is 10.2 Å². The largest absolute Gasteiger partial charge is 0.393 e. The van der Waals surface area contributed by atoms with Gasteiger partial charge in [-0.2, -0.15) is 0 Å². The lowest BCUT2D eigenvalue weighted by Gasteiger charge is -2.71. The fourth-order valence-corrected chi connectivity index (χ4v) is 12.2. The van der Waals surface area contributed by atoms with Gasteiger partial charge in [-0.25, -0.2) is 4.79 Å². The summed E-state index contributed by atoms with van der Waals surface area (Å²) in [4.78, 5) is 30.9. The lowest BCUT2D eigenvalue weighted by molar-refractivity contribution is -0.175. The van der Waals surface area contributed by atoms with Crippen LogP contribution in [0, 0.1) is 33.5 Å². The maximum absolute atomic E-state index is 15.4.